The second kappa shape index (κ2) is 17.3. The van der Waals surface area contributed by atoms with Gasteiger partial charge in [-0.15, -0.1) is 11.3 Å². The summed E-state index contributed by atoms with van der Waals surface area (Å²) < 4.78 is 5.12. The molecule has 0 N–H and O–H groups in total. The molecule has 0 spiro atoms. The summed E-state index contributed by atoms with van der Waals surface area (Å²) in [6, 6.07) is 60.2. The fraction of sp³-hybridized carbons (Fsp3) is 0.284. The molecule has 0 amide bonds. The zero-order valence-electron chi connectivity index (χ0n) is 44.8. The minimum Gasteiger partial charge on any atom is -0.312 e. The highest BCUT2D eigenvalue weighted by Gasteiger charge is 2.30. The van der Waals surface area contributed by atoms with Gasteiger partial charge in [-0.25, -0.2) is 0 Å². The van der Waals surface area contributed by atoms with Gasteiger partial charge in [-0.05, 0) is 153 Å². The van der Waals surface area contributed by atoms with Crippen LogP contribution in [0.3, 0.4) is 0 Å². The fourth-order valence-electron chi connectivity index (χ4n) is 10.7. The van der Waals surface area contributed by atoms with E-state index in [2.05, 4.69) is 276 Å². The van der Waals surface area contributed by atoms with E-state index in [9.17, 15) is 0 Å². The van der Waals surface area contributed by atoms with Crippen LogP contribution in [0.4, 0.5) is 34.1 Å². The molecule has 0 unspecified atom stereocenters. The molecule has 0 bridgehead atoms. The molecule has 0 aliphatic rings. The van der Waals surface area contributed by atoms with Crippen LogP contribution in [0.1, 0.15) is 122 Å². The Balaban J connectivity index is 1.30. The van der Waals surface area contributed by atoms with Gasteiger partial charge >= 0.3 is 0 Å². The molecule has 3 nitrogen and oxygen atoms in total. The summed E-state index contributed by atoms with van der Waals surface area (Å²) in [5.41, 5.74) is 18.3. The first-order valence-electron chi connectivity index (χ1n) is 25.5. The molecule has 4 heteroatoms. The standard InChI is InChI=1S/C67H71N3S/c1-42-41-49(67(13,14)15)30-38-55(42)69(51-33-26-47(27-34-51)65(7,8)9)56-21-18-22-57(43(56)2)70(52-35-28-48(29-36-52)66(10,11)12)62-44(3)68(50-31-24-46(25-32-50)64(4,5)6)58-39-37-54-60-53-20-17-16-19-45(53)23-40-59(60)71-63(54)61(58)62/h16-41H,1-15H3. The van der Waals surface area contributed by atoms with Gasteiger partial charge in [0.1, 0.15) is 0 Å². The maximum Gasteiger partial charge on any atom is 0.0765 e. The van der Waals surface area contributed by atoms with Gasteiger partial charge in [0.05, 0.1) is 22.6 Å². The van der Waals surface area contributed by atoms with E-state index in [1.165, 1.54) is 92.3 Å². The van der Waals surface area contributed by atoms with Crippen LogP contribution >= 0.6 is 11.3 Å². The summed E-state index contributed by atoms with van der Waals surface area (Å²) in [6.07, 6.45) is 0. The molecule has 0 atom stereocenters. The monoisotopic (exact) mass is 950 g/mol. The molecule has 10 rings (SSSR count). The van der Waals surface area contributed by atoms with Crippen LogP contribution in [0.2, 0.25) is 0 Å². The van der Waals surface area contributed by atoms with Crippen molar-refractivity contribution in [2.45, 2.75) is 126 Å². The van der Waals surface area contributed by atoms with E-state index in [1.54, 1.807) is 0 Å². The minimum absolute atomic E-state index is 0.000194. The largest absolute Gasteiger partial charge is 0.312 e. The van der Waals surface area contributed by atoms with Crippen LogP contribution in [0.25, 0.3) is 47.5 Å². The maximum atomic E-state index is 2.58. The van der Waals surface area contributed by atoms with Crippen molar-refractivity contribution in [3.05, 3.63) is 197 Å². The van der Waals surface area contributed by atoms with Crippen molar-refractivity contribution < 1.29 is 0 Å². The third-order valence-corrected chi connectivity index (χ3v) is 16.1. The second-order valence-corrected chi connectivity index (χ2v) is 25.2. The number of hydrogen-bond acceptors (Lipinski definition) is 3. The third kappa shape index (κ3) is 8.52. The third-order valence-electron chi connectivity index (χ3n) is 14.9. The highest BCUT2D eigenvalue weighted by molar-refractivity contribution is 7.27. The van der Waals surface area contributed by atoms with Gasteiger partial charge in [0.25, 0.3) is 0 Å². The summed E-state index contributed by atoms with van der Waals surface area (Å²) in [5.74, 6) is 0. The predicted molar refractivity (Wildman–Crippen MR) is 312 cm³/mol. The first-order valence-corrected chi connectivity index (χ1v) is 26.3. The summed E-state index contributed by atoms with van der Waals surface area (Å²) in [5, 5.41) is 6.45. The molecule has 0 aliphatic heterocycles. The van der Waals surface area contributed by atoms with Crippen LogP contribution < -0.4 is 9.80 Å². The summed E-state index contributed by atoms with van der Waals surface area (Å²) >= 11 is 1.92. The summed E-state index contributed by atoms with van der Waals surface area (Å²) in [7, 11) is 0. The van der Waals surface area contributed by atoms with E-state index in [0.717, 1.165) is 28.4 Å². The summed E-state index contributed by atoms with van der Waals surface area (Å²) in [6.45, 7) is 34.5. The molecule has 360 valence electrons. The number of benzene rings is 8. The number of thiophene rings is 1. The van der Waals surface area contributed by atoms with Gasteiger partial charge in [0, 0.05) is 54.0 Å². The average Bonchev–Trinajstić information content (AvgIpc) is 3.85. The van der Waals surface area contributed by atoms with Crippen molar-refractivity contribution in [3.8, 4) is 5.69 Å². The van der Waals surface area contributed by atoms with Crippen molar-refractivity contribution in [2.75, 3.05) is 9.80 Å². The fourth-order valence-corrected chi connectivity index (χ4v) is 11.9. The number of rotatable bonds is 7. The van der Waals surface area contributed by atoms with Crippen LogP contribution in [0.5, 0.6) is 0 Å². The Bertz CT molecular complexity index is 3630. The molecule has 8 aromatic carbocycles. The zero-order chi connectivity index (χ0) is 50.5. The maximum absolute atomic E-state index is 2.58. The first kappa shape index (κ1) is 48.0. The number of aromatic nitrogens is 1. The second-order valence-electron chi connectivity index (χ2n) is 24.1. The number of aryl methyl sites for hydroxylation is 1. The SMILES string of the molecule is Cc1cc(C(C)(C)C)ccc1N(c1ccc(C(C)(C)C)cc1)c1cccc(N(c2ccc(C(C)(C)C)cc2)c2c(C)n(-c3ccc(C(C)(C)C)cc3)c3ccc4c(sc5ccc6ccccc6c54)c23)c1C. The van der Waals surface area contributed by atoms with Crippen LogP contribution in [-0.4, -0.2) is 4.57 Å². The molecular formula is C67H71N3S. The van der Waals surface area contributed by atoms with Crippen LogP contribution in [0.15, 0.2) is 158 Å². The van der Waals surface area contributed by atoms with Gasteiger partial charge in [-0.1, -0.05) is 174 Å². The molecule has 0 aliphatic carbocycles. The van der Waals surface area contributed by atoms with E-state index < -0.39 is 0 Å². The van der Waals surface area contributed by atoms with Gasteiger partial charge < -0.3 is 14.4 Å². The Hall–Kier alpha value is -6.62. The van der Waals surface area contributed by atoms with Crippen molar-refractivity contribution in [3.63, 3.8) is 0 Å². The lowest BCUT2D eigenvalue weighted by Crippen LogP contribution is -2.18. The highest BCUT2D eigenvalue weighted by atomic mass is 32.1. The van der Waals surface area contributed by atoms with E-state index in [0.29, 0.717) is 0 Å². The predicted octanol–water partition coefficient (Wildman–Crippen LogP) is 20.2. The van der Waals surface area contributed by atoms with Crippen molar-refractivity contribution >= 4 is 87.3 Å². The first-order chi connectivity index (χ1) is 33.5. The number of anilines is 6. The van der Waals surface area contributed by atoms with Crippen LogP contribution in [-0.2, 0) is 21.7 Å². The lowest BCUT2D eigenvalue weighted by molar-refractivity contribution is 0.589. The van der Waals surface area contributed by atoms with E-state index in [4.69, 9.17) is 0 Å². The van der Waals surface area contributed by atoms with E-state index in [-0.39, 0.29) is 21.7 Å². The normalized spacial score (nSPS) is 12.7. The highest BCUT2D eigenvalue weighted by Crippen LogP contribution is 2.52. The number of fused-ring (bicyclic) bond motifs is 7. The average molecular weight is 950 g/mol. The Kier molecular flexibility index (Phi) is 11.7. The van der Waals surface area contributed by atoms with Crippen molar-refractivity contribution in [1.29, 1.82) is 0 Å². The van der Waals surface area contributed by atoms with Gasteiger partial charge in [0.2, 0.25) is 0 Å². The molecule has 0 saturated heterocycles. The molecule has 2 aromatic heterocycles. The van der Waals surface area contributed by atoms with Gasteiger partial charge in [-0.2, -0.15) is 0 Å². The molecule has 71 heavy (non-hydrogen) atoms. The molecule has 0 saturated carbocycles. The van der Waals surface area contributed by atoms with Crippen molar-refractivity contribution in [2.24, 2.45) is 0 Å². The Morgan fingerprint density at radius 1 is 0.423 bits per heavy atom. The van der Waals surface area contributed by atoms with Gasteiger partial charge in [-0.3, -0.25) is 0 Å². The molecular weight excluding hydrogens is 879 g/mol. The minimum atomic E-state index is -0.000194. The Labute approximate surface area is 427 Å². The molecule has 10 aromatic rings. The Morgan fingerprint density at radius 3 is 1.51 bits per heavy atom. The lowest BCUT2D eigenvalue weighted by Gasteiger charge is -2.33. The molecule has 0 radical (unpaired) electrons. The Morgan fingerprint density at radius 2 is 0.944 bits per heavy atom. The number of nitrogens with zero attached hydrogens (tertiary/aromatic N) is 3. The van der Waals surface area contributed by atoms with Gasteiger partial charge in [0.15, 0.2) is 0 Å². The lowest BCUT2D eigenvalue weighted by atomic mass is 9.85. The smallest absolute Gasteiger partial charge is 0.0765 e. The number of hydrogen-bond donors (Lipinski definition) is 0. The topological polar surface area (TPSA) is 11.4 Å². The van der Waals surface area contributed by atoms with E-state index >= 15 is 0 Å². The summed E-state index contributed by atoms with van der Waals surface area (Å²) in [4.78, 5) is 5.08. The van der Waals surface area contributed by atoms with E-state index in [1.807, 2.05) is 11.3 Å². The van der Waals surface area contributed by atoms with Crippen molar-refractivity contribution in [1.82, 2.24) is 4.57 Å². The quantitative estimate of drug-likeness (QED) is 0.158. The molecule has 2 heterocycles. The molecule has 0 fully saturated rings. The zero-order valence-corrected chi connectivity index (χ0v) is 45.6. The van der Waals surface area contributed by atoms with Crippen LogP contribution in [0, 0.1) is 20.8 Å².